The number of urea groups is 1. The van der Waals surface area contributed by atoms with Crippen molar-refractivity contribution in [2.75, 3.05) is 26.7 Å². The molecule has 1 aliphatic carbocycles. The summed E-state index contributed by atoms with van der Waals surface area (Å²) >= 11 is 0. The molecule has 6 heteroatoms. The number of hydrogen-bond donors (Lipinski definition) is 3. The minimum Gasteiger partial charge on any atom is -0.481 e. The number of carbonyl (C=O) groups is 2. The molecule has 6 nitrogen and oxygen atoms in total. The number of likely N-dealkylation sites (N-methyl/N-ethyl adjacent to an activating group) is 1. The molecule has 0 aromatic carbocycles. The van der Waals surface area contributed by atoms with E-state index in [1.165, 1.54) is 25.7 Å². The van der Waals surface area contributed by atoms with E-state index in [1.54, 1.807) is 6.92 Å². The molecule has 0 aliphatic heterocycles. The quantitative estimate of drug-likeness (QED) is 0.627. The lowest BCUT2D eigenvalue weighted by atomic mass is 10.1. The Kier molecular flexibility index (Phi) is 7.36. The van der Waals surface area contributed by atoms with Crippen molar-refractivity contribution in [3.63, 3.8) is 0 Å². The zero-order chi connectivity index (χ0) is 15.0. The third-order valence-corrected chi connectivity index (χ3v) is 3.98. The summed E-state index contributed by atoms with van der Waals surface area (Å²) < 4.78 is 0. The van der Waals surface area contributed by atoms with Gasteiger partial charge in [-0.3, -0.25) is 4.79 Å². The average molecular weight is 285 g/mol. The maximum atomic E-state index is 11.5. The number of nitrogens with zero attached hydrogens (tertiary/aromatic N) is 1. The molecule has 2 amide bonds. The molecule has 116 valence electrons. The highest BCUT2D eigenvalue weighted by Gasteiger charge is 2.19. The van der Waals surface area contributed by atoms with Gasteiger partial charge in [-0.2, -0.15) is 0 Å². The smallest absolute Gasteiger partial charge is 0.314 e. The summed E-state index contributed by atoms with van der Waals surface area (Å²) in [4.78, 5) is 24.4. The van der Waals surface area contributed by atoms with Crippen molar-refractivity contribution in [3.05, 3.63) is 0 Å². The molecule has 0 aromatic rings. The molecule has 1 unspecified atom stereocenters. The summed E-state index contributed by atoms with van der Waals surface area (Å²) in [6.45, 7) is 3.49. The van der Waals surface area contributed by atoms with E-state index in [4.69, 9.17) is 5.11 Å². The summed E-state index contributed by atoms with van der Waals surface area (Å²) in [5.74, 6) is -1.26. The maximum absolute atomic E-state index is 11.5. The van der Waals surface area contributed by atoms with E-state index in [1.807, 2.05) is 0 Å². The second kappa shape index (κ2) is 8.79. The van der Waals surface area contributed by atoms with Crippen molar-refractivity contribution in [1.82, 2.24) is 15.5 Å². The molecule has 0 spiro atoms. The Morgan fingerprint density at radius 3 is 2.45 bits per heavy atom. The second-order valence-corrected chi connectivity index (χ2v) is 5.63. The summed E-state index contributed by atoms with van der Waals surface area (Å²) in [6.07, 6.45) is 5.59. The van der Waals surface area contributed by atoms with Gasteiger partial charge in [0.25, 0.3) is 0 Å². The van der Waals surface area contributed by atoms with Crippen molar-refractivity contribution in [1.29, 1.82) is 0 Å². The topological polar surface area (TPSA) is 81.7 Å². The fourth-order valence-corrected chi connectivity index (χ4v) is 2.46. The Labute approximate surface area is 120 Å². The lowest BCUT2D eigenvalue weighted by molar-refractivity contribution is -0.141. The van der Waals surface area contributed by atoms with Gasteiger partial charge in [-0.15, -0.1) is 0 Å². The molecule has 0 bridgehead atoms. The predicted octanol–water partition coefficient (Wildman–Crippen LogP) is 1.27. The van der Waals surface area contributed by atoms with Crippen LogP contribution in [0, 0.1) is 5.92 Å². The van der Waals surface area contributed by atoms with Crippen LogP contribution in [-0.4, -0.2) is 54.7 Å². The fourth-order valence-electron chi connectivity index (χ4n) is 2.46. The second-order valence-electron chi connectivity index (χ2n) is 5.63. The van der Waals surface area contributed by atoms with Gasteiger partial charge < -0.3 is 20.6 Å². The zero-order valence-electron chi connectivity index (χ0n) is 12.5. The lowest BCUT2D eigenvalue weighted by Gasteiger charge is -2.23. The Balaban J connectivity index is 2.03. The van der Waals surface area contributed by atoms with Gasteiger partial charge in [-0.05, 0) is 26.3 Å². The van der Waals surface area contributed by atoms with E-state index in [-0.39, 0.29) is 6.03 Å². The Hall–Kier alpha value is -1.30. The summed E-state index contributed by atoms with van der Waals surface area (Å²) in [6, 6.07) is 0.443. The van der Waals surface area contributed by atoms with Crippen molar-refractivity contribution >= 4 is 12.0 Å². The first-order valence-corrected chi connectivity index (χ1v) is 7.45. The molecule has 1 fully saturated rings. The van der Waals surface area contributed by atoms with E-state index < -0.39 is 11.9 Å². The van der Waals surface area contributed by atoms with Crippen LogP contribution >= 0.6 is 0 Å². The standard InChI is InChI=1S/C14H27N3O3/c1-11(13(18)19)7-8-15-14(20)16-9-10-17(2)12-5-3-4-6-12/h11-12H,3-10H2,1-2H3,(H,18,19)(H2,15,16,20). The lowest BCUT2D eigenvalue weighted by Crippen LogP contribution is -2.42. The van der Waals surface area contributed by atoms with Crippen LogP contribution in [0.4, 0.5) is 4.79 Å². The Bertz CT molecular complexity index is 317. The van der Waals surface area contributed by atoms with Crippen molar-refractivity contribution in [3.8, 4) is 0 Å². The van der Waals surface area contributed by atoms with Crippen molar-refractivity contribution in [2.45, 2.75) is 45.1 Å². The van der Waals surface area contributed by atoms with Crippen LogP contribution in [0.5, 0.6) is 0 Å². The number of nitrogens with one attached hydrogen (secondary N) is 2. The fraction of sp³-hybridized carbons (Fsp3) is 0.857. The number of hydrogen-bond acceptors (Lipinski definition) is 3. The van der Waals surface area contributed by atoms with Gasteiger partial charge in [0.05, 0.1) is 5.92 Å². The van der Waals surface area contributed by atoms with Crippen LogP contribution in [0.2, 0.25) is 0 Å². The van der Waals surface area contributed by atoms with Crippen LogP contribution in [0.15, 0.2) is 0 Å². The molecular formula is C14H27N3O3. The van der Waals surface area contributed by atoms with E-state index in [2.05, 4.69) is 22.6 Å². The SMILES string of the molecule is CC(CCNC(=O)NCCN(C)C1CCCC1)C(=O)O. The molecule has 1 saturated carbocycles. The van der Waals surface area contributed by atoms with Gasteiger partial charge in [0.2, 0.25) is 0 Å². The van der Waals surface area contributed by atoms with Crippen LogP contribution in [0.1, 0.15) is 39.0 Å². The molecule has 1 atom stereocenters. The summed E-state index contributed by atoms with van der Waals surface area (Å²) in [5, 5.41) is 14.2. The third-order valence-electron chi connectivity index (χ3n) is 3.98. The molecule has 3 N–H and O–H groups in total. The van der Waals surface area contributed by atoms with Crippen LogP contribution < -0.4 is 10.6 Å². The monoisotopic (exact) mass is 285 g/mol. The summed E-state index contributed by atoms with van der Waals surface area (Å²) in [7, 11) is 2.10. The van der Waals surface area contributed by atoms with E-state index in [0.29, 0.717) is 25.6 Å². The molecule has 20 heavy (non-hydrogen) atoms. The molecular weight excluding hydrogens is 258 g/mol. The molecule has 0 saturated heterocycles. The minimum atomic E-state index is -0.828. The molecule has 1 rings (SSSR count). The van der Waals surface area contributed by atoms with Crippen molar-refractivity contribution < 1.29 is 14.7 Å². The Morgan fingerprint density at radius 2 is 1.85 bits per heavy atom. The molecule has 0 aromatic heterocycles. The summed E-state index contributed by atoms with van der Waals surface area (Å²) in [5.41, 5.74) is 0. The van der Waals surface area contributed by atoms with E-state index in [9.17, 15) is 9.59 Å². The zero-order valence-corrected chi connectivity index (χ0v) is 12.5. The Morgan fingerprint density at radius 1 is 1.25 bits per heavy atom. The highest BCUT2D eigenvalue weighted by atomic mass is 16.4. The molecule has 0 radical (unpaired) electrons. The van der Waals surface area contributed by atoms with Gasteiger partial charge in [-0.25, -0.2) is 4.79 Å². The minimum absolute atomic E-state index is 0.220. The van der Waals surface area contributed by atoms with E-state index in [0.717, 1.165) is 6.54 Å². The average Bonchev–Trinajstić information content (AvgIpc) is 2.92. The van der Waals surface area contributed by atoms with E-state index >= 15 is 0 Å². The van der Waals surface area contributed by atoms with Gasteiger partial charge in [0.15, 0.2) is 0 Å². The van der Waals surface area contributed by atoms with Gasteiger partial charge in [-0.1, -0.05) is 19.8 Å². The van der Waals surface area contributed by atoms with Gasteiger partial charge in [0, 0.05) is 25.7 Å². The largest absolute Gasteiger partial charge is 0.481 e. The first-order chi connectivity index (χ1) is 9.50. The first kappa shape index (κ1) is 16.8. The molecule has 0 heterocycles. The first-order valence-electron chi connectivity index (χ1n) is 7.45. The highest BCUT2D eigenvalue weighted by Crippen LogP contribution is 2.21. The van der Waals surface area contributed by atoms with Crippen LogP contribution in [-0.2, 0) is 4.79 Å². The van der Waals surface area contributed by atoms with Crippen LogP contribution in [0.3, 0.4) is 0 Å². The number of aliphatic carboxylic acids is 1. The number of amides is 2. The van der Waals surface area contributed by atoms with Gasteiger partial charge in [0.1, 0.15) is 0 Å². The number of carbonyl (C=O) groups excluding carboxylic acids is 1. The number of carboxylic acid groups (broad SMARTS) is 1. The highest BCUT2D eigenvalue weighted by molar-refractivity contribution is 5.74. The van der Waals surface area contributed by atoms with Crippen LogP contribution in [0.25, 0.3) is 0 Å². The third kappa shape index (κ3) is 6.23. The van der Waals surface area contributed by atoms with Gasteiger partial charge >= 0.3 is 12.0 Å². The number of rotatable bonds is 8. The predicted molar refractivity (Wildman–Crippen MR) is 77.7 cm³/mol. The maximum Gasteiger partial charge on any atom is 0.314 e. The normalized spacial score (nSPS) is 17.1. The van der Waals surface area contributed by atoms with Crippen molar-refractivity contribution in [2.24, 2.45) is 5.92 Å². The number of carboxylic acids is 1. The molecule has 1 aliphatic rings.